The zero-order chi connectivity index (χ0) is 11.4. The van der Waals surface area contributed by atoms with E-state index in [-0.39, 0.29) is 6.04 Å². The highest BCUT2D eigenvalue weighted by Gasteiger charge is 2.08. The number of aromatic nitrogens is 3. The summed E-state index contributed by atoms with van der Waals surface area (Å²) in [6.07, 6.45) is 8.28. The van der Waals surface area contributed by atoms with Crippen molar-refractivity contribution >= 4 is 0 Å². The lowest BCUT2D eigenvalue weighted by molar-refractivity contribution is 0.657. The number of pyridine rings is 1. The molecule has 1 unspecified atom stereocenters. The summed E-state index contributed by atoms with van der Waals surface area (Å²) in [6, 6.07) is 3.90. The van der Waals surface area contributed by atoms with E-state index in [1.807, 2.05) is 35.4 Å². The third-order valence-electron chi connectivity index (χ3n) is 2.58. The van der Waals surface area contributed by atoms with Crippen LogP contribution in [0.5, 0.6) is 0 Å². The van der Waals surface area contributed by atoms with Crippen molar-refractivity contribution in [1.82, 2.24) is 14.8 Å². The van der Waals surface area contributed by atoms with Gasteiger partial charge in [0.2, 0.25) is 0 Å². The third kappa shape index (κ3) is 2.46. The van der Waals surface area contributed by atoms with Crippen LogP contribution in [0.2, 0.25) is 0 Å². The van der Waals surface area contributed by atoms with Crippen LogP contribution in [0.15, 0.2) is 36.9 Å². The first kappa shape index (κ1) is 10.8. The first-order valence-electron chi connectivity index (χ1n) is 5.46. The Morgan fingerprint density at radius 2 is 2.31 bits per heavy atom. The fourth-order valence-electron chi connectivity index (χ4n) is 1.65. The Balaban J connectivity index is 2.05. The molecule has 0 saturated carbocycles. The van der Waals surface area contributed by atoms with Crippen LogP contribution in [0.1, 0.15) is 24.1 Å². The highest BCUT2D eigenvalue weighted by Crippen LogP contribution is 2.14. The van der Waals surface area contributed by atoms with E-state index in [0.717, 1.165) is 18.5 Å². The summed E-state index contributed by atoms with van der Waals surface area (Å²) >= 11 is 0. The van der Waals surface area contributed by atoms with Crippen molar-refractivity contribution in [3.63, 3.8) is 0 Å². The molecule has 0 aliphatic carbocycles. The number of hydrogen-bond donors (Lipinski definition) is 1. The summed E-state index contributed by atoms with van der Waals surface area (Å²) in [5.74, 6) is 0. The summed E-state index contributed by atoms with van der Waals surface area (Å²) in [6.45, 7) is 2.96. The molecule has 2 aromatic heterocycles. The van der Waals surface area contributed by atoms with Crippen molar-refractivity contribution in [1.29, 1.82) is 0 Å². The second kappa shape index (κ2) is 4.90. The van der Waals surface area contributed by atoms with Crippen LogP contribution in [-0.2, 0) is 13.0 Å². The number of aryl methyl sites for hydroxylation is 1. The van der Waals surface area contributed by atoms with Crippen LogP contribution >= 0.6 is 0 Å². The molecular formula is C12H16N4. The van der Waals surface area contributed by atoms with Gasteiger partial charge in [-0.2, -0.15) is 5.10 Å². The van der Waals surface area contributed by atoms with Gasteiger partial charge in [-0.25, -0.2) is 0 Å². The second-order valence-electron chi connectivity index (χ2n) is 3.80. The molecule has 0 radical (unpaired) electrons. The molecule has 4 nitrogen and oxygen atoms in total. The Kier molecular flexibility index (Phi) is 3.31. The summed E-state index contributed by atoms with van der Waals surface area (Å²) in [5.41, 5.74) is 8.33. The molecule has 1 atom stereocenters. The Bertz CT molecular complexity index is 435. The molecule has 0 saturated heterocycles. The SMILES string of the molecule is CCn1cc(CC(N)c2cccnc2)cn1. The van der Waals surface area contributed by atoms with E-state index in [1.165, 1.54) is 5.56 Å². The van der Waals surface area contributed by atoms with E-state index >= 15 is 0 Å². The lowest BCUT2D eigenvalue weighted by Gasteiger charge is -2.09. The molecule has 0 aliphatic rings. The number of hydrogen-bond acceptors (Lipinski definition) is 3. The van der Waals surface area contributed by atoms with Crippen molar-refractivity contribution in [3.05, 3.63) is 48.0 Å². The van der Waals surface area contributed by atoms with Crippen molar-refractivity contribution in [2.24, 2.45) is 5.73 Å². The van der Waals surface area contributed by atoms with Gasteiger partial charge in [-0.1, -0.05) is 6.07 Å². The van der Waals surface area contributed by atoms with Gasteiger partial charge in [0.15, 0.2) is 0 Å². The molecule has 84 valence electrons. The van der Waals surface area contributed by atoms with Crippen LogP contribution < -0.4 is 5.73 Å². The standard InChI is InChI=1S/C12H16N4/c1-2-16-9-10(7-15-16)6-12(13)11-4-3-5-14-8-11/h3-5,7-9,12H,2,6,13H2,1H3. The molecule has 2 heterocycles. The van der Waals surface area contributed by atoms with Crippen LogP contribution in [-0.4, -0.2) is 14.8 Å². The Labute approximate surface area is 95.1 Å². The largest absolute Gasteiger partial charge is 0.324 e. The number of rotatable bonds is 4. The van der Waals surface area contributed by atoms with Crippen molar-refractivity contribution in [2.45, 2.75) is 25.9 Å². The fraction of sp³-hybridized carbons (Fsp3) is 0.333. The maximum absolute atomic E-state index is 6.10. The molecule has 0 aromatic carbocycles. The van der Waals surface area contributed by atoms with E-state index in [9.17, 15) is 0 Å². The zero-order valence-electron chi connectivity index (χ0n) is 9.37. The molecule has 0 spiro atoms. The van der Waals surface area contributed by atoms with Gasteiger partial charge >= 0.3 is 0 Å². The lowest BCUT2D eigenvalue weighted by Crippen LogP contribution is -2.13. The molecular weight excluding hydrogens is 200 g/mol. The first-order valence-corrected chi connectivity index (χ1v) is 5.46. The molecule has 0 fully saturated rings. The van der Waals surface area contributed by atoms with Crippen molar-refractivity contribution in [2.75, 3.05) is 0 Å². The van der Waals surface area contributed by atoms with Crippen molar-refractivity contribution in [3.8, 4) is 0 Å². The maximum Gasteiger partial charge on any atom is 0.0522 e. The van der Waals surface area contributed by atoms with Gasteiger partial charge in [-0.15, -0.1) is 0 Å². The van der Waals surface area contributed by atoms with E-state index in [4.69, 9.17) is 5.73 Å². The molecule has 0 amide bonds. The molecule has 0 aliphatic heterocycles. The third-order valence-corrected chi connectivity index (χ3v) is 2.58. The molecule has 2 N–H and O–H groups in total. The molecule has 0 bridgehead atoms. The number of nitrogens with zero attached hydrogens (tertiary/aromatic N) is 3. The molecule has 16 heavy (non-hydrogen) atoms. The van der Waals surface area contributed by atoms with Gasteiger partial charge in [0.05, 0.1) is 6.20 Å². The van der Waals surface area contributed by atoms with Gasteiger partial charge in [-0.05, 0) is 30.5 Å². The van der Waals surface area contributed by atoms with E-state index in [1.54, 1.807) is 6.20 Å². The Morgan fingerprint density at radius 3 is 2.94 bits per heavy atom. The van der Waals surface area contributed by atoms with Gasteiger partial charge in [0.1, 0.15) is 0 Å². The molecule has 2 rings (SSSR count). The smallest absolute Gasteiger partial charge is 0.0522 e. The van der Waals surface area contributed by atoms with Gasteiger partial charge in [0.25, 0.3) is 0 Å². The lowest BCUT2D eigenvalue weighted by atomic mass is 10.0. The number of nitrogens with two attached hydrogens (primary N) is 1. The Morgan fingerprint density at radius 1 is 1.44 bits per heavy atom. The van der Waals surface area contributed by atoms with Crippen LogP contribution in [0.3, 0.4) is 0 Å². The fourth-order valence-corrected chi connectivity index (χ4v) is 1.65. The predicted molar refractivity (Wildman–Crippen MR) is 62.8 cm³/mol. The minimum absolute atomic E-state index is 0.0109. The average Bonchev–Trinajstić information content (AvgIpc) is 2.78. The summed E-state index contributed by atoms with van der Waals surface area (Å²) in [5, 5.41) is 4.23. The van der Waals surface area contributed by atoms with Gasteiger partial charge in [0, 0.05) is 31.2 Å². The normalized spacial score (nSPS) is 12.6. The summed E-state index contributed by atoms with van der Waals surface area (Å²) in [4.78, 5) is 4.07. The van der Waals surface area contributed by atoms with E-state index in [0.29, 0.717) is 0 Å². The van der Waals surface area contributed by atoms with Crippen LogP contribution in [0.25, 0.3) is 0 Å². The highest BCUT2D eigenvalue weighted by molar-refractivity contribution is 5.17. The zero-order valence-corrected chi connectivity index (χ0v) is 9.37. The second-order valence-corrected chi connectivity index (χ2v) is 3.80. The topological polar surface area (TPSA) is 56.7 Å². The predicted octanol–water partition coefficient (Wildman–Crippen LogP) is 1.54. The molecule has 4 heteroatoms. The van der Waals surface area contributed by atoms with E-state index < -0.39 is 0 Å². The van der Waals surface area contributed by atoms with Crippen LogP contribution in [0, 0.1) is 0 Å². The van der Waals surface area contributed by atoms with E-state index in [2.05, 4.69) is 17.0 Å². The minimum atomic E-state index is -0.0109. The highest BCUT2D eigenvalue weighted by atomic mass is 15.3. The summed E-state index contributed by atoms with van der Waals surface area (Å²) < 4.78 is 1.91. The van der Waals surface area contributed by atoms with Crippen molar-refractivity contribution < 1.29 is 0 Å². The van der Waals surface area contributed by atoms with Gasteiger partial charge < -0.3 is 5.73 Å². The monoisotopic (exact) mass is 216 g/mol. The van der Waals surface area contributed by atoms with Gasteiger partial charge in [-0.3, -0.25) is 9.67 Å². The van der Waals surface area contributed by atoms with Crippen LogP contribution in [0.4, 0.5) is 0 Å². The minimum Gasteiger partial charge on any atom is -0.324 e. The first-order chi connectivity index (χ1) is 7.79. The Hall–Kier alpha value is -1.68. The average molecular weight is 216 g/mol. The maximum atomic E-state index is 6.10. The quantitative estimate of drug-likeness (QED) is 0.843. The molecule has 2 aromatic rings. The summed E-state index contributed by atoms with van der Waals surface area (Å²) in [7, 11) is 0.